The van der Waals surface area contributed by atoms with E-state index >= 15 is 0 Å². The van der Waals surface area contributed by atoms with Crippen molar-refractivity contribution in [3.63, 3.8) is 0 Å². The van der Waals surface area contributed by atoms with Crippen LogP contribution in [0.2, 0.25) is 0 Å². The van der Waals surface area contributed by atoms with Gasteiger partial charge in [-0.1, -0.05) is 0 Å². The quantitative estimate of drug-likeness (QED) is 0.659. The molecule has 0 saturated carbocycles. The number of nitrogens with two attached hydrogens (primary N) is 1. The number of amides is 1. The summed E-state index contributed by atoms with van der Waals surface area (Å²) >= 11 is 0. The SMILES string of the molecule is CC(=O)CN1CCC(C(N)=O)CC1. The van der Waals surface area contributed by atoms with E-state index in [0.29, 0.717) is 6.54 Å². The van der Waals surface area contributed by atoms with Gasteiger partial charge < -0.3 is 5.73 Å². The summed E-state index contributed by atoms with van der Waals surface area (Å²) in [6, 6.07) is 0. The topological polar surface area (TPSA) is 63.4 Å². The maximum atomic E-state index is 10.8. The van der Waals surface area contributed by atoms with Crippen LogP contribution in [0.5, 0.6) is 0 Å². The maximum absolute atomic E-state index is 10.8. The van der Waals surface area contributed by atoms with Gasteiger partial charge in [0.1, 0.15) is 5.78 Å². The number of piperidine rings is 1. The van der Waals surface area contributed by atoms with Crippen LogP contribution < -0.4 is 5.73 Å². The zero-order valence-corrected chi connectivity index (χ0v) is 7.95. The molecule has 1 aliphatic heterocycles. The first-order valence-electron chi connectivity index (χ1n) is 4.60. The van der Waals surface area contributed by atoms with Gasteiger partial charge in [-0.25, -0.2) is 0 Å². The molecule has 0 radical (unpaired) electrons. The zero-order chi connectivity index (χ0) is 9.84. The average Bonchev–Trinajstić information content (AvgIpc) is 2.04. The van der Waals surface area contributed by atoms with Crippen LogP contribution >= 0.6 is 0 Å². The predicted octanol–water partition coefficient (Wildman–Crippen LogP) is -0.227. The number of carbonyl (C=O) groups excluding carboxylic acids is 2. The fraction of sp³-hybridized carbons (Fsp3) is 0.778. The largest absolute Gasteiger partial charge is 0.369 e. The highest BCUT2D eigenvalue weighted by molar-refractivity contribution is 5.78. The Bertz CT molecular complexity index is 208. The number of nitrogens with zero attached hydrogens (tertiary/aromatic N) is 1. The summed E-state index contributed by atoms with van der Waals surface area (Å²) in [5.41, 5.74) is 5.19. The number of rotatable bonds is 3. The summed E-state index contributed by atoms with van der Waals surface area (Å²) in [6.45, 7) is 3.71. The molecule has 0 aromatic rings. The van der Waals surface area contributed by atoms with Gasteiger partial charge in [0, 0.05) is 5.92 Å². The summed E-state index contributed by atoms with van der Waals surface area (Å²) < 4.78 is 0. The Morgan fingerprint density at radius 3 is 2.31 bits per heavy atom. The Morgan fingerprint density at radius 1 is 1.38 bits per heavy atom. The van der Waals surface area contributed by atoms with Crippen LogP contribution in [0.25, 0.3) is 0 Å². The van der Waals surface area contributed by atoms with Crippen molar-refractivity contribution in [1.29, 1.82) is 0 Å². The number of hydrogen-bond acceptors (Lipinski definition) is 3. The Labute approximate surface area is 78.1 Å². The molecule has 0 aliphatic carbocycles. The van der Waals surface area contributed by atoms with Crippen molar-refractivity contribution in [1.82, 2.24) is 4.90 Å². The molecule has 4 nitrogen and oxygen atoms in total. The predicted molar refractivity (Wildman–Crippen MR) is 49.0 cm³/mol. The van der Waals surface area contributed by atoms with Crippen LogP contribution in [0.4, 0.5) is 0 Å². The molecule has 2 N–H and O–H groups in total. The van der Waals surface area contributed by atoms with Gasteiger partial charge in [0.2, 0.25) is 5.91 Å². The van der Waals surface area contributed by atoms with Gasteiger partial charge in [0.25, 0.3) is 0 Å². The molecule has 1 amide bonds. The zero-order valence-electron chi connectivity index (χ0n) is 7.95. The first kappa shape index (κ1) is 10.2. The third kappa shape index (κ3) is 3.14. The molecule has 1 rings (SSSR count). The van der Waals surface area contributed by atoms with Crippen LogP contribution in [0.1, 0.15) is 19.8 Å². The highest BCUT2D eigenvalue weighted by Gasteiger charge is 2.23. The van der Waals surface area contributed by atoms with Crippen LogP contribution in [-0.2, 0) is 9.59 Å². The standard InChI is InChI=1S/C9H16N2O2/c1-7(12)6-11-4-2-8(3-5-11)9(10)13/h8H,2-6H2,1H3,(H2,10,13). The van der Waals surface area contributed by atoms with Crippen LogP contribution in [-0.4, -0.2) is 36.2 Å². The lowest BCUT2D eigenvalue weighted by Gasteiger charge is -2.29. The summed E-state index contributed by atoms with van der Waals surface area (Å²) in [5.74, 6) is -0.0109. The van der Waals surface area contributed by atoms with Crippen molar-refractivity contribution < 1.29 is 9.59 Å². The summed E-state index contributed by atoms with van der Waals surface area (Å²) in [7, 11) is 0. The van der Waals surface area contributed by atoms with E-state index in [4.69, 9.17) is 5.73 Å². The fourth-order valence-corrected chi connectivity index (χ4v) is 1.69. The van der Waals surface area contributed by atoms with Gasteiger partial charge >= 0.3 is 0 Å². The molecule has 0 unspecified atom stereocenters. The van der Waals surface area contributed by atoms with E-state index in [1.54, 1.807) is 6.92 Å². The molecule has 13 heavy (non-hydrogen) atoms. The second kappa shape index (κ2) is 4.37. The number of carbonyl (C=O) groups is 2. The molecule has 0 bridgehead atoms. The van der Waals surface area contributed by atoms with Gasteiger partial charge in [0.15, 0.2) is 0 Å². The first-order valence-corrected chi connectivity index (χ1v) is 4.60. The Kier molecular flexibility index (Phi) is 3.42. The van der Waals surface area contributed by atoms with Crippen molar-refractivity contribution >= 4 is 11.7 Å². The van der Waals surface area contributed by atoms with Crippen molar-refractivity contribution in [2.24, 2.45) is 11.7 Å². The molecule has 1 heterocycles. The number of primary amides is 1. The highest BCUT2D eigenvalue weighted by atomic mass is 16.1. The number of hydrogen-bond donors (Lipinski definition) is 1. The molecule has 0 atom stereocenters. The van der Waals surface area contributed by atoms with E-state index in [-0.39, 0.29) is 17.6 Å². The van der Waals surface area contributed by atoms with E-state index in [1.807, 2.05) is 0 Å². The Hall–Kier alpha value is -0.900. The van der Waals surface area contributed by atoms with Crippen molar-refractivity contribution in [3.8, 4) is 0 Å². The molecular weight excluding hydrogens is 168 g/mol. The van der Waals surface area contributed by atoms with Crippen LogP contribution in [0.3, 0.4) is 0 Å². The van der Waals surface area contributed by atoms with Crippen LogP contribution in [0.15, 0.2) is 0 Å². The first-order chi connectivity index (χ1) is 6.09. The van der Waals surface area contributed by atoms with E-state index in [1.165, 1.54) is 0 Å². The lowest BCUT2D eigenvalue weighted by atomic mass is 9.96. The lowest BCUT2D eigenvalue weighted by molar-refractivity contribution is -0.123. The Balaban J connectivity index is 2.30. The number of ketones is 1. The van der Waals surface area contributed by atoms with E-state index in [9.17, 15) is 9.59 Å². The van der Waals surface area contributed by atoms with Gasteiger partial charge in [-0.2, -0.15) is 0 Å². The fourth-order valence-electron chi connectivity index (χ4n) is 1.69. The smallest absolute Gasteiger partial charge is 0.220 e. The molecule has 1 fully saturated rings. The normalized spacial score (nSPS) is 20.1. The van der Waals surface area contributed by atoms with E-state index < -0.39 is 0 Å². The molecule has 4 heteroatoms. The summed E-state index contributed by atoms with van der Waals surface area (Å²) in [5, 5.41) is 0. The number of likely N-dealkylation sites (tertiary alicyclic amines) is 1. The highest BCUT2D eigenvalue weighted by Crippen LogP contribution is 2.15. The van der Waals surface area contributed by atoms with Crippen LogP contribution in [0, 0.1) is 5.92 Å². The van der Waals surface area contributed by atoms with Gasteiger partial charge in [-0.15, -0.1) is 0 Å². The molecule has 1 saturated heterocycles. The van der Waals surface area contributed by atoms with E-state index in [0.717, 1.165) is 25.9 Å². The van der Waals surface area contributed by atoms with Crippen molar-refractivity contribution in [2.45, 2.75) is 19.8 Å². The van der Waals surface area contributed by atoms with Gasteiger partial charge in [-0.05, 0) is 32.9 Å². The second-order valence-electron chi connectivity index (χ2n) is 3.65. The van der Waals surface area contributed by atoms with Gasteiger partial charge in [0.05, 0.1) is 6.54 Å². The monoisotopic (exact) mass is 184 g/mol. The summed E-state index contributed by atoms with van der Waals surface area (Å²) in [6.07, 6.45) is 1.59. The average molecular weight is 184 g/mol. The minimum atomic E-state index is -0.206. The van der Waals surface area contributed by atoms with Crippen molar-refractivity contribution in [2.75, 3.05) is 19.6 Å². The Morgan fingerprint density at radius 2 is 1.92 bits per heavy atom. The molecule has 0 aromatic heterocycles. The molecule has 74 valence electrons. The third-order valence-electron chi connectivity index (χ3n) is 2.44. The molecule has 1 aliphatic rings. The maximum Gasteiger partial charge on any atom is 0.220 e. The minimum Gasteiger partial charge on any atom is -0.369 e. The van der Waals surface area contributed by atoms with E-state index in [2.05, 4.69) is 4.90 Å². The summed E-state index contributed by atoms with van der Waals surface area (Å²) in [4.78, 5) is 23.7. The van der Waals surface area contributed by atoms with Gasteiger partial charge in [-0.3, -0.25) is 14.5 Å². The number of Topliss-reactive ketones (excluding diaryl/α,β-unsaturated/α-hetero) is 1. The second-order valence-corrected chi connectivity index (χ2v) is 3.65. The lowest BCUT2D eigenvalue weighted by Crippen LogP contribution is -2.40. The van der Waals surface area contributed by atoms with Crippen molar-refractivity contribution in [3.05, 3.63) is 0 Å². The third-order valence-corrected chi connectivity index (χ3v) is 2.44. The molecular formula is C9H16N2O2. The molecule has 0 spiro atoms. The minimum absolute atomic E-state index is 0.0169. The molecule has 0 aromatic carbocycles.